The maximum absolute atomic E-state index is 10.9. The van der Waals surface area contributed by atoms with E-state index >= 15 is 0 Å². The van der Waals surface area contributed by atoms with Gasteiger partial charge in [-0.15, -0.1) is 0 Å². The van der Waals surface area contributed by atoms with Gasteiger partial charge in [-0.1, -0.05) is 13.3 Å². The summed E-state index contributed by atoms with van der Waals surface area (Å²) >= 11 is 0. The van der Waals surface area contributed by atoms with E-state index in [4.69, 9.17) is 0 Å². The fourth-order valence-electron chi connectivity index (χ4n) is 0.700. The molecule has 0 aliphatic heterocycles. The number of ether oxygens (including phenoxy) is 2. The summed E-state index contributed by atoms with van der Waals surface area (Å²) in [4.78, 5) is 21.7. The smallest absolute Gasteiger partial charge is 0.434 e. The first-order valence-corrected chi connectivity index (χ1v) is 4.72. The lowest BCUT2D eigenvalue weighted by molar-refractivity contribution is -0.139. The quantitative estimate of drug-likeness (QED) is 0.397. The van der Waals surface area contributed by atoms with Crippen molar-refractivity contribution in [1.82, 2.24) is 5.32 Å². The largest absolute Gasteiger partial charge is 0.516 e. The van der Waals surface area contributed by atoms with Crippen molar-refractivity contribution in [2.24, 2.45) is 0 Å². The summed E-state index contributed by atoms with van der Waals surface area (Å²) in [6.07, 6.45) is 0.972. The van der Waals surface area contributed by atoms with Crippen molar-refractivity contribution in [3.8, 4) is 0 Å². The zero-order chi connectivity index (χ0) is 10.8. The molecule has 0 fully saturated rings. The van der Waals surface area contributed by atoms with E-state index in [0.717, 1.165) is 12.8 Å². The highest BCUT2D eigenvalue weighted by molar-refractivity contribution is 5.81. The van der Waals surface area contributed by atoms with Crippen molar-refractivity contribution in [1.29, 1.82) is 0 Å². The second-order valence-electron chi connectivity index (χ2n) is 2.78. The van der Waals surface area contributed by atoms with Gasteiger partial charge < -0.3 is 14.8 Å². The predicted octanol–water partition coefficient (Wildman–Crippen LogP) is 1.08. The molecule has 0 aliphatic rings. The molecule has 0 spiro atoms. The van der Waals surface area contributed by atoms with Gasteiger partial charge in [0.1, 0.15) is 0 Å². The fourth-order valence-corrected chi connectivity index (χ4v) is 0.700. The van der Waals surface area contributed by atoms with Gasteiger partial charge in [-0.05, 0) is 13.5 Å². The Labute approximate surface area is 83.8 Å². The number of nitrogens with one attached hydrogen (secondary N) is 1. The molecule has 0 aromatic rings. The van der Waals surface area contributed by atoms with Crippen LogP contribution in [-0.4, -0.2) is 32.3 Å². The van der Waals surface area contributed by atoms with Gasteiger partial charge in [0.25, 0.3) is 0 Å². The minimum Gasteiger partial charge on any atom is -0.434 e. The Hall–Kier alpha value is -1.10. The van der Waals surface area contributed by atoms with Gasteiger partial charge in [0.05, 0.1) is 13.0 Å². The minimum atomic E-state index is -0.903. The van der Waals surface area contributed by atoms with Crippen LogP contribution in [0.25, 0.3) is 0 Å². The Morgan fingerprint density at radius 2 is 2.07 bits per heavy atom. The highest BCUT2D eigenvalue weighted by Gasteiger charge is 2.10. The number of rotatable bonds is 6. The molecule has 0 aromatic heterocycles. The Bertz CT molecular complexity index is 182. The summed E-state index contributed by atoms with van der Waals surface area (Å²) in [5, 5.41) is 2.77. The van der Waals surface area contributed by atoms with Gasteiger partial charge in [0.15, 0.2) is 0 Å². The van der Waals surface area contributed by atoms with Crippen LogP contribution in [0.15, 0.2) is 0 Å². The normalized spacial score (nSPS) is 9.57. The molecule has 0 saturated heterocycles. The lowest BCUT2D eigenvalue weighted by Crippen LogP contribution is -2.19. The molecule has 1 N–H and O–H groups in total. The first-order valence-electron chi connectivity index (χ1n) is 4.72. The van der Waals surface area contributed by atoms with E-state index < -0.39 is 12.1 Å². The highest BCUT2D eigenvalue weighted by Crippen LogP contribution is 1.93. The van der Waals surface area contributed by atoms with E-state index in [0.29, 0.717) is 13.2 Å². The molecular weight excluding hydrogens is 186 g/mol. The molecule has 0 bridgehead atoms. The molecule has 0 saturated carbocycles. The number of esters is 1. The Morgan fingerprint density at radius 1 is 1.36 bits per heavy atom. The molecule has 0 aliphatic carbocycles. The average molecular weight is 203 g/mol. The summed E-state index contributed by atoms with van der Waals surface area (Å²) < 4.78 is 8.99. The Balaban J connectivity index is 3.45. The van der Waals surface area contributed by atoms with Crippen LogP contribution in [0.1, 0.15) is 26.2 Å². The topological polar surface area (TPSA) is 64.6 Å². The van der Waals surface area contributed by atoms with E-state index in [9.17, 15) is 9.59 Å². The van der Waals surface area contributed by atoms with Crippen LogP contribution >= 0.6 is 0 Å². The first kappa shape index (κ1) is 12.9. The van der Waals surface area contributed by atoms with Gasteiger partial charge in [0, 0.05) is 6.54 Å². The average Bonchev–Trinajstić information content (AvgIpc) is 2.15. The number of unbranched alkanes of at least 4 members (excludes halogenated alkanes) is 1. The van der Waals surface area contributed by atoms with E-state index in [1.165, 1.54) is 0 Å². The maximum Gasteiger partial charge on any atom is 0.516 e. The second kappa shape index (κ2) is 8.50. The molecule has 0 radical (unpaired) electrons. The highest BCUT2D eigenvalue weighted by atomic mass is 16.7. The third kappa shape index (κ3) is 7.54. The van der Waals surface area contributed by atoms with Gasteiger partial charge in [-0.3, -0.25) is 4.79 Å². The van der Waals surface area contributed by atoms with Crippen molar-refractivity contribution in [3.05, 3.63) is 0 Å². The lowest BCUT2D eigenvalue weighted by atomic mass is 10.4. The molecule has 0 atom stereocenters. The molecule has 0 aromatic carbocycles. The van der Waals surface area contributed by atoms with Gasteiger partial charge in [-0.2, -0.15) is 0 Å². The lowest BCUT2D eigenvalue weighted by Gasteiger charge is -2.03. The van der Waals surface area contributed by atoms with Crippen molar-refractivity contribution in [2.75, 3.05) is 20.2 Å². The van der Waals surface area contributed by atoms with Gasteiger partial charge in [-0.25, -0.2) is 4.79 Å². The molecule has 0 rings (SSSR count). The zero-order valence-corrected chi connectivity index (χ0v) is 8.67. The first-order chi connectivity index (χ1) is 6.70. The SMILES string of the molecule is CCCCOC(=O)OC(=O)CCNC. The van der Waals surface area contributed by atoms with Gasteiger partial charge in [0.2, 0.25) is 0 Å². The Morgan fingerprint density at radius 3 is 2.64 bits per heavy atom. The molecule has 82 valence electrons. The summed E-state index contributed by atoms with van der Waals surface area (Å²) in [6.45, 7) is 2.77. The number of carbonyl (C=O) groups excluding carboxylic acids is 2. The summed E-state index contributed by atoms with van der Waals surface area (Å²) in [6, 6.07) is 0. The minimum absolute atomic E-state index is 0.166. The van der Waals surface area contributed by atoms with Crippen LogP contribution in [-0.2, 0) is 14.3 Å². The van der Waals surface area contributed by atoms with E-state index in [1.54, 1.807) is 7.05 Å². The zero-order valence-electron chi connectivity index (χ0n) is 8.67. The van der Waals surface area contributed by atoms with Gasteiger partial charge >= 0.3 is 12.1 Å². The number of hydrogen-bond donors (Lipinski definition) is 1. The van der Waals surface area contributed by atoms with E-state index in [2.05, 4.69) is 14.8 Å². The van der Waals surface area contributed by atoms with Crippen LogP contribution in [0, 0.1) is 0 Å². The number of hydrogen-bond acceptors (Lipinski definition) is 5. The van der Waals surface area contributed by atoms with Crippen molar-refractivity contribution in [2.45, 2.75) is 26.2 Å². The van der Waals surface area contributed by atoms with Crippen LogP contribution in [0.5, 0.6) is 0 Å². The maximum atomic E-state index is 10.9. The van der Waals surface area contributed by atoms with Crippen LogP contribution < -0.4 is 5.32 Å². The molecular formula is C9H17NO4. The van der Waals surface area contributed by atoms with Crippen molar-refractivity contribution in [3.63, 3.8) is 0 Å². The molecule has 0 unspecified atom stereocenters. The third-order valence-electron chi connectivity index (χ3n) is 1.49. The Kier molecular flexibility index (Phi) is 7.83. The standard InChI is InChI=1S/C9H17NO4/c1-3-4-7-13-9(12)14-8(11)5-6-10-2/h10H,3-7H2,1-2H3. The molecule has 5 heteroatoms. The third-order valence-corrected chi connectivity index (χ3v) is 1.49. The molecule has 14 heavy (non-hydrogen) atoms. The summed E-state index contributed by atoms with van der Waals surface area (Å²) in [7, 11) is 1.72. The molecule has 0 heterocycles. The molecule has 0 amide bonds. The number of carbonyl (C=O) groups is 2. The predicted molar refractivity (Wildman–Crippen MR) is 50.9 cm³/mol. The summed E-state index contributed by atoms with van der Waals surface area (Å²) in [5.41, 5.74) is 0. The van der Waals surface area contributed by atoms with Crippen molar-refractivity contribution >= 4 is 12.1 Å². The van der Waals surface area contributed by atoms with Crippen molar-refractivity contribution < 1.29 is 19.1 Å². The van der Waals surface area contributed by atoms with Crippen LogP contribution in [0.4, 0.5) is 4.79 Å². The molecule has 5 nitrogen and oxygen atoms in total. The van der Waals surface area contributed by atoms with E-state index in [-0.39, 0.29) is 6.42 Å². The van der Waals surface area contributed by atoms with E-state index in [1.807, 2.05) is 6.92 Å². The monoisotopic (exact) mass is 203 g/mol. The fraction of sp³-hybridized carbons (Fsp3) is 0.778. The second-order valence-corrected chi connectivity index (χ2v) is 2.78. The summed E-state index contributed by atoms with van der Waals surface area (Å²) in [5.74, 6) is -0.569. The van der Waals surface area contributed by atoms with Crippen LogP contribution in [0.3, 0.4) is 0 Å². The van der Waals surface area contributed by atoms with Crippen LogP contribution in [0.2, 0.25) is 0 Å².